The van der Waals surface area contributed by atoms with Crippen molar-refractivity contribution in [2.75, 3.05) is 7.11 Å². The third kappa shape index (κ3) is 6.18. The van der Waals surface area contributed by atoms with Gasteiger partial charge in [0.05, 0.1) is 23.8 Å². The normalized spacial score (nSPS) is 11.3. The van der Waals surface area contributed by atoms with Crippen molar-refractivity contribution < 1.29 is 27.1 Å². The molecule has 0 fully saturated rings. The van der Waals surface area contributed by atoms with Gasteiger partial charge in [-0.3, -0.25) is 14.9 Å². The molecular formula is C21H15Br2N3O7S. The van der Waals surface area contributed by atoms with Gasteiger partial charge in [0, 0.05) is 26.6 Å². The van der Waals surface area contributed by atoms with Crippen molar-refractivity contribution in [2.24, 2.45) is 5.10 Å². The molecule has 0 bridgehead atoms. The number of nitro benzene ring substituents is 1. The lowest BCUT2D eigenvalue weighted by Gasteiger charge is -2.10. The summed E-state index contributed by atoms with van der Waals surface area (Å²) in [5.74, 6) is -0.325. The van der Waals surface area contributed by atoms with Crippen LogP contribution in [0.4, 0.5) is 5.69 Å². The summed E-state index contributed by atoms with van der Waals surface area (Å²) in [5.41, 5.74) is 2.39. The predicted octanol–water partition coefficient (Wildman–Crippen LogP) is 4.66. The third-order valence-electron chi connectivity index (χ3n) is 4.26. The standard InChI is InChI=1S/C21H15Br2N3O7S/c1-32-20-8-6-15(23)10-18(20)21(27)25-24-12-13-9-14(22)5-7-19(13)33-34(30,31)17-4-2-3-16(11-17)26(28)29/h2-12H,1H3,(H,25,27)/b24-12-. The minimum absolute atomic E-state index is 0.104. The maximum Gasteiger partial charge on any atom is 0.339 e. The molecule has 0 aliphatic rings. The molecule has 13 heteroatoms. The van der Waals surface area contributed by atoms with E-state index in [-0.39, 0.29) is 21.8 Å². The van der Waals surface area contributed by atoms with Gasteiger partial charge in [-0.25, -0.2) is 5.43 Å². The van der Waals surface area contributed by atoms with E-state index in [1.54, 1.807) is 24.3 Å². The van der Waals surface area contributed by atoms with Crippen LogP contribution in [0.5, 0.6) is 11.5 Å². The lowest BCUT2D eigenvalue weighted by atomic mass is 10.2. The minimum Gasteiger partial charge on any atom is -0.496 e. The van der Waals surface area contributed by atoms with Crippen LogP contribution in [0, 0.1) is 10.1 Å². The SMILES string of the molecule is COc1ccc(Br)cc1C(=O)N/N=C\c1cc(Br)ccc1OS(=O)(=O)c1cccc([N+](=O)[O-])c1. The second-order valence-electron chi connectivity index (χ2n) is 6.52. The van der Waals surface area contributed by atoms with E-state index in [0.29, 0.717) is 14.7 Å². The van der Waals surface area contributed by atoms with Crippen molar-refractivity contribution in [3.8, 4) is 11.5 Å². The number of benzene rings is 3. The van der Waals surface area contributed by atoms with Gasteiger partial charge in [-0.2, -0.15) is 13.5 Å². The number of rotatable bonds is 8. The van der Waals surface area contributed by atoms with Gasteiger partial charge in [-0.05, 0) is 42.5 Å². The highest BCUT2D eigenvalue weighted by atomic mass is 79.9. The zero-order valence-corrected chi connectivity index (χ0v) is 21.3. The molecule has 0 heterocycles. The molecule has 1 amide bonds. The first-order valence-electron chi connectivity index (χ1n) is 9.26. The second kappa shape index (κ2) is 10.8. The first-order valence-corrected chi connectivity index (χ1v) is 12.3. The monoisotopic (exact) mass is 611 g/mol. The van der Waals surface area contributed by atoms with Crippen LogP contribution in [-0.4, -0.2) is 32.6 Å². The average Bonchev–Trinajstić information content (AvgIpc) is 2.80. The molecule has 0 spiro atoms. The fourth-order valence-corrected chi connectivity index (χ4v) is 4.43. The Morgan fingerprint density at radius 3 is 2.41 bits per heavy atom. The first-order chi connectivity index (χ1) is 16.1. The number of nitrogens with one attached hydrogen (secondary N) is 1. The summed E-state index contributed by atoms with van der Waals surface area (Å²) in [6.07, 6.45) is 1.20. The number of methoxy groups -OCH3 is 1. The Morgan fingerprint density at radius 2 is 1.74 bits per heavy atom. The Hall–Kier alpha value is -3.29. The number of nitrogens with zero attached hydrogens (tertiary/aromatic N) is 2. The second-order valence-corrected chi connectivity index (χ2v) is 9.90. The summed E-state index contributed by atoms with van der Waals surface area (Å²) < 4.78 is 37.0. The van der Waals surface area contributed by atoms with E-state index >= 15 is 0 Å². The van der Waals surface area contributed by atoms with E-state index in [1.807, 2.05) is 0 Å². The van der Waals surface area contributed by atoms with Gasteiger partial charge in [-0.15, -0.1) is 0 Å². The van der Waals surface area contributed by atoms with Gasteiger partial charge in [0.1, 0.15) is 10.6 Å². The van der Waals surface area contributed by atoms with Crippen LogP contribution in [0.15, 0.2) is 79.6 Å². The van der Waals surface area contributed by atoms with Gasteiger partial charge in [0.15, 0.2) is 5.75 Å². The Morgan fingerprint density at radius 1 is 1.06 bits per heavy atom. The Kier molecular flexibility index (Phi) is 8.02. The van der Waals surface area contributed by atoms with Crippen LogP contribution in [0.25, 0.3) is 0 Å². The van der Waals surface area contributed by atoms with Crippen LogP contribution in [-0.2, 0) is 10.1 Å². The van der Waals surface area contributed by atoms with Crippen molar-refractivity contribution in [3.05, 3.63) is 90.9 Å². The maximum absolute atomic E-state index is 12.7. The first kappa shape index (κ1) is 25.3. The number of nitro groups is 1. The van der Waals surface area contributed by atoms with E-state index in [4.69, 9.17) is 8.92 Å². The molecule has 0 atom stereocenters. The lowest BCUT2D eigenvalue weighted by Crippen LogP contribution is -2.18. The molecule has 0 radical (unpaired) electrons. The molecule has 0 aliphatic heterocycles. The summed E-state index contributed by atoms with van der Waals surface area (Å²) in [5, 5.41) is 14.9. The van der Waals surface area contributed by atoms with Crippen LogP contribution < -0.4 is 14.3 Å². The zero-order valence-electron chi connectivity index (χ0n) is 17.3. The molecule has 0 saturated heterocycles. The maximum atomic E-state index is 12.7. The van der Waals surface area contributed by atoms with E-state index in [9.17, 15) is 23.3 Å². The van der Waals surface area contributed by atoms with Crippen LogP contribution in [0.1, 0.15) is 15.9 Å². The van der Waals surface area contributed by atoms with Gasteiger partial charge < -0.3 is 8.92 Å². The molecule has 0 aliphatic carbocycles. The number of hydrogen-bond acceptors (Lipinski definition) is 8. The van der Waals surface area contributed by atoms with E-state index in [1.165, 1.54) is 43.7 Å². The average molecular weight is 613 g/mol. The van der Waals surface area contributed by atoms with E-state index in [2.05, 4.69) is 42.4 Å². The molecule has 34 heavy (non-hydrogen) atoms. The van der Waals surface area contributed by atoms with Crippen LogP contribution in [0.3, 0.4) is 0 Å². The molecular weight excluding hydrogens is 598 g/mol. The molecule has 0 aromatic heterocycles. The minimum atomic E-state index is -4.39. The largest absolute Gasteiger partial charge is 0.496 e. The number of hydrazone groups is 1. The Balaban J connectivity index is 1.85. The van der Waals surface area contributed by atoms with Crippen molar-refractivity contribution in [3.63, 3.8) is 0 Å². The molecule has 1 N–H and O–H groups in total. The quantitative estimate of drug-likeness (QED) is 0.169. The number of non-ortho nitro benzene ring substituents is 1. The van der Waals surface area contributed by atoms with Gasteiger partial charge in [0.2, 0.25) is 0 Å². The molecule has 10 nitrogen and oxygen atoms in total. The van der Waals surface area contributed by atoms with Crippen molar-refractivity contribution in [1.29, 1.82) is 0 Å². The number of carbonyl (C=O) groups excluding carboxylic acids is 1. The molecule has 3 aromatic rings. The highest BCUT2D eigenvalue weighted by molar-refractivity contribution is 9.10. The molecule has 0 saturated carbocycles. The van der Waals surface area contributed by atoms with Gasteiger partial charge >= 0.3 is 10.1 Å². The van der Waals surface area contributed by atoms with Crippen molar-refractivity contribution in [1.82, 2.24) is 5.43 Å². The molecule has 3 rings (SSSR count). The molecule has 3 aromatic carbocycles. The van der Waals surface area contributed by atoms with E-state index in [0.717, 1.165) is 6.07 Å². The zero-order chi connectivity index (χ0) is 24.9. The van der Waals surface area contributed by atoms with Crippen LogP contribution >= 0.6 is 31.9 Å². The number of amides is 1. The van der Waals surface area contributed by atoms with Gasteiger partial charge in [-0.1, -0.05) is 37.9 Å². The number of halogens is 2. The van der Waals surface area contributed by atoms with Crippen molar-refractivity contribution >= 4 is 59.8 Å². The third-order valence-corrected chi connectivity index (χ3v) is 6.48. The fourth-order valence-electron chi connectivity index (χ4n) is 2.69. The molecule has 0 unspecified atom stereocenters. The topological polar surface area (TPSA) is 137 Å². The van der Waals surface area contributed by atoms with Crippen LogP contribution in [0.2, 0.25) is 0 Å². The summed E-state index contributed by atoms with van der Waals surface area (Å²) >= 11 is 6.57. The number of ether oxygens (including phenoxy) is 1. The highest BCUT2D eigenvalue weighted by Gasteiger charge is 2.21. The Bertz CT molecular complexity index is 1390. The molecule has 176 valence electrons. The summed E-state index contributed by atoms with van der Waals surface area (Å²) in [7, 11) is -2.97. The Labute approximate surface area is 211 Å². The predicted molar refractivity (Wildman–Crippen MR) is 131 cm³/mol. The van der Waals surface area contributed by atoms with E-state index < -0.39 is 26.6 Å². The highest BCUT2D eigenvalue weighted by Crippen LogP contribution is 2.27. The number of carbonyl (C=O) groups is 1. The summed E-state index contributed by atoms with van der Waals surface area (Å²) in [6, 6.07) is 13.8. The smallest absolute Gasteiger partial charge is 0.339 e. The fraction of sp³-hybridized carbons (Fsp3) is 0.0476. The summed E-state index contributed by atoms with van der Waals surface area (Å²) in [6.45, 7) is 0. The number of hydrogen-bond donors (Lipinski definition) is 1. The lowest BCUT2D eigenvalue weighted by molar-refractivity contribution is -0.385. The van der Waals surface area contributed by atoms with Crippen molar-refractivity contribution in [2.45, 2.75) is 4.90 Å². The van der Waals surface area contributed by atoms with Gasteiger partial charge in [0.25, 0.3) is 11.6 Å². The summed E-state index contributed by atoms with van der Waals surface area (Å²) in [4.78, 5) is 22.4.